The van der Waals surface area contributed by atoms with Gasteiger partial charge >= 0.3 is 0 Å². The van der Waals surface area contributed by atoms with E-state index in [1.807, 2.05) is 0 Å². The molecule has 1 heterocycles. The highest BCUT2D eigenvalue weighted by molar-refractivity contribution is 7.80. The highest BCUT2D eigenvalue weighted by Gasteiger charge is 2.02. The third-order valence-electron chi connectivity index (χ3n) is 2.64. The van der Waals surface area contributed by atoms with Gasteiger partial charge in [-0.3, -0.25) is 14.9 Å². The van der Waals surface area contributed by atoms with Crippen molar-refractivity contribution in [1.29, 1.82) is 0 Å². The van der Waals surface area contributed by atoms with E-state index >= 15 is 0 Å². The molecule has 0 fully saturated rings. The zero-order valence-electron chi connectivity index (χ0n) is 12.3. The van der Waals surface area contributed by atoms with Gasteiger partial charge < -0.3 is 15.1 Å². The molecule has 2 rings (SSSR count). The molecule has 7 heteroatoms. The Morgan fingerprint density at radius 1 is 1.09 bits per heavy atom. The van der Waals surface area contributed by atoms with Gasteiger partial charge in [0, 0.05) is 24.4 Å². The lowest BCUT2D eigenvalue weighted by molar-refractivity contribution is -0.115. The van der Waals surface area contributed by atoms with Crippen molar-refractivity contribution in [1.82, 2.24) is 5.32 Å². The van der Waals surface area contributed by atoms with Crippen LogP contribution in [0, 0.1) is 0 Å². The SMILES string of the molecule is CC(=O)Nc1ccc(NC(=S)NC(=O)/C=C/c2ccco2)cc1. The maximum Gasteiger partial charge on any atom is 0.250 e. The van der Waals surface area contributed by atoms with Crippen LogP contribution in [-0.4, -0.2) is 16.9 Å². The molecule has 0 radical (unpaired) electrons. The molecule has 0 unspecified atom stereocenters. The van der Waals surface area contributed by atoms with Crippen LogP contribution in [0.1, 0.15) is 12.7 Å². The van der Waals surface area contributed by atoms with Crippen molar-refractivity contribution in [3.63, 3.8) is 0 Å². The molecule has 0 aliphatic heterocycles. The summed E-state index contributed by atoms with van der Waals surface area (Å²) in [5.41, 5.74) is 1.37. The number of hydrogen-bond acceptors (Lipinski definition) is 4. The monoisotopic (exact) mass is 329 g/mol. The molecule has 0 aliphatic carbocycles. The van der Waals surface area contributed by atoms with Crippen molar-refractivity contribution in [3.05, 3.63) is 54.5 Å². The lowest BCUT2D eigenvalue weighted by Gasteiger charge is -2.09. The molecule has 0 saturated heterocycles. The molecule has 1 aromatic carbocycles. The van der Waals surface area contributed by atoms with E-state index in [9.17, 15) is 9.59 Å². The molecule has 0 bridgehead atoms. The van der Waals surface area contributed by atoms with Crippen LogP contribution in [0.25, 0.3) is 6.08 Å². The lowest BCUT2D eigenvalue weighted by atomic mass is 10.3. The van der Waals surface area contributed by atoms with Crippen molar-refractivity contribution in [2.45, 2.75) is 6.92 Å². The van der Waals surface area contributed by atoms with Gasteiger partial charge in [0.05, 0.1) is 6.26 Å². The van der Waals surface area contributed by atoms with Crippen LogP contribution in [-0.2, 0) is 9.59 Å². The first-order valence-corrected chi connectivity index (χ1v) is 7.15. The van der Waals surface area contributed by atoms with E-state index in [-0.39, 0.29) is 16.9 Å². The molecule has 0 spiro atoms. The van der Waals surface area contributed by atoms with Crippen molar-refractivity contribution in [2.75, 3.05) is 10.6 Å². The third kappa shape index (κ3) is 5.76. The summed E-state index contributed by atoms with van der Waals surface area (Å²) in [6, 6.07) is 10.4. The zero-order chi connectivity index (χ0) is 16.7. The predicted octanol–water partition coefficient (Wildman–Crippen LogP) is 2.76. The van der Waals surface area contributed by atoms with E-state index in [4.69, 9.17) is 16.6 Å². The first-order chi connectivity index (χ1) is 11.0. The second-order valence-electron chi connectivity index (χ2n) is 4.55. The number of anilines is 2. The van der Waals surface area contributed by atoms with Crippen LogP contribution < -0.4 is 16.0 Å². The van der Waals surface area contributed by atoms with Gasteiger partial charge in [-0.25, -0.2) is 0 Å². The number of carbonyl (C=O) groups excluding carboxylic acids is 2. The second kappa shape index (κ2) is 7.90. The summed E-state index contributed by atoms with van der Waals surface area (Å²) in [6.45, 7) is 1.44. The maximum absolute atomic E-state index is 11.7. The Bertz CT molecular complexity index is 722. The molecule has 118 valence electrons. The number of carbonyl (C=O) groups is 2. The van der Waals surface area contributed by atoms with E-state index in [0.29, 0.717) is 17.1 Å². The van der Waals surface area contributed by atoms with Gasteiger partial charge in [0.15, 0.2) is 5.11 Å². The van der Waals surface area contributed by atoms with Crippen molar-refractivity contribution >= 4 is 46.6 Å². The van der Waals surface area contributed by atoms with Gasteiger partial charge in [-0.1, -0.05) is 0 Å². The largest absolute Gasteiger partial charge is 0.465 e. The molecule has 2 aromatic rings. The summed E-state index contributed by atoms with van der Waals surface area (Å²) in [6.07, 6.45) is 4.39. The average molecular weight is 329 g/mol. The Labute approximate surface area is 138 Å². The Kier molecular flexibility index (Phi) is 5.65. The van der Waals surface area contributed by atoms with Crippen LogP contribution in [0.15, 0.2) is 53.2 Å². The van der Waals surface area contributed by atoms with Gasteiger partial charge in [-0.2, -0.15) is 0 Å². The first-order valence-electron chi connectivity index (χ1n) is 6.74. The maximum atomic E-state index is 11.7. The van der Waals surface area contributed by atoms with E-state index in [1.54, 1.807) is 42.5 Å². The molecule has 6 nitrogen and oxygen atoms in total. The van der Waals surface area contributed by atoms with E-state index in [0.717, 1.165) is 0 Å². The summed E-state index contributed by atoms with van der Waals surface area (Å²) < 4.78 is 5.08. The van der Waals surface area contributed by atoms with E-state index < -0.39 is 0 Å². The summed E-state index contributed by atoms with van der Waals surface area (Å²) in [5.74, 6) is 0.0678. The minimum atomic E-state index is -0.367. The molecular weight excluding hydrogens is 314 g/mol. The fraction of sp³-hybridized carbons (Fsp3) is 0.0625. The predicted molar refractivity (Wildman–Crippen MR) is 92.9 cm³/mol. The number of rotatable bonds is 4. The highest BCUT2D eigenvalue weighted by atomic mass is 32.1. The number of hydrogen-bond donors (Lipinski definition) is 3. The molecule has 23 heavy (non-hydrogen) atoms. The van der Waals surface area contributed by atoms with E-state index in [2.05, 4.69) is 16.0 Å². The summed E-state index contributed by atoms with van der Waals surface area (Å²) in [4.78, 5) is 22.6. The minimum absolute atomic E-state index is 0.142. The van der Waals surface area contributed by atoms with Gasteiger partial charge in [0.2, 0.25) is 11.8 Å². The Morgan fingerprint density at radius 2 is 1.74 bits per heavy atom. The molecule has 1 aromatic heterocycles. The summed E-state index contributed by atoms with van der Waals surface area (Å²) in [5, 5.41) is 8.23. The minimum Gasteiger partial charge on any atom is -0.465 e. The fourth-order valence-electron chi connectivity index (χ4n) is 1.70. The number of nitrogens with one attached hydrogen (secondary N) is 3. The number of furan rings is 1. The van der Waals surface area contributed by atoms with Crippen LogP contribution in [0.3, 0.4) is 0 Å². The third-order valence-corrected chi connectivity index (χ3v) is 2.85. The first kappa shape index (κ1) is 16.4. The topological polar surface area (TPSA) is 83.4 Å². The van der Waals surface area contributed by atoms with Crippen molar-refractivity contribution in [3.8, 4) is 0 Å². The van der Waals surface area contributed by atoms with Gasteiger partial charge in [0.25, 0.3) is 0 Å². The average Bonchev–Trinajstić information content (AvgIpc) is 3.00. The molecule has 2 amide bonds. The number of amides is 2. The lowest BCUT2D eigenvalue weighted by Crippen LogP contribution is -2.32. The van der Waals surface area contributed by atoms with Crippen LogP contribution in [0.4, 0.5) is 11.4 Å². The molecule has 0 atom stereocenters. The molecule has 3 N–H and O–H groups in total. The molecule has 0 saturated carbocycles. The normalized spacial score (nSPS) is 10.3. The van der Waals surface area contributed by atoms with E-state index in [1.165, 1.54) is 19.3 Å². The second-order valence-corrected chi connectivity index (χ2v) is 4.96. The Morgan fingerprint density at radius 3 is 2.30 bits per heavy atom. The van der Waals surface area contributed by atoms with Crippen LogP contribution in [0.2, 0.25) is 0 Å². The molecular formula is C16H15N3O3S. The van der Waals surface area contributed by atoms with Gasteiger partial charge in [-0.05, 0) is 54.7 Å². The zero-order valence-corrected chi connectivity index (χ0v) is 13.1. The fourth-order valence-corrected chi connectivity index (χ4v) is 1.92. The van der Waals surface area contributed by atoms with Crippen molar-refractivity contribution < 1.29 is 14.0 Å². The summed E-state index contributed by atoms with van der Waals surface area (Å²) >= 11 is 5.06. The number of thiocarbonyl (C=S) groups is 1. The van der Waals surface area contributed by atoms with Crippen LogP contribution in [0.5, 0.6) is 0 Å². The summed E-state index contributed by atoms with van der Waals surface area (Å²) in [7, 11) is 0. The molecule has 0 aliphatic rings. The quantitative estimate of drug-likeness (QED) is 0.593. The smallest absolute Gasteiger partial charge is 0.250 e. The highest BCUT2D eigenvalue weighted by Crippen LogP contribution is 2.13. The van der Waals surface area contributed by atoms with Crippen LogP contribution >= 0.6 is 12.2 Å². The Balaban J connectivity index is 1.84. The van der Waals surface area contributed by atoms with Gasteiger partial charge in [0.1, 0.15) is 5.76 Å². The number of benzene rings is 1. The van der Waals surface area contributed by atoms with Crippen molar-refractivity contribution in [2.24, 2.45) is 0 Å². The Hall–Kier alpha value is -2.93. The van der Waals surface area contributed by atoms with Gasteiger partial charge in [-0.15, -0.1) is 0 Å². The standard InChI is InChI=1S/C16H15N3O3S/c1-11(20)17-12-4-6-13(7-5-12)18-16(23)19-15(21)9-8-14-3-2-10-22-14/h2-10H,1H3,(H,17,20)(H2,18,19,21,23)/b9-8+.